The van der Waals surface area contributed by atoms with Gasteiger partial charge in [-0.1, -0.05) is 26.7 Å². The minimum atomic E-state index is -0.231. The van der Waals surface area contributed by atoms with Crippen LogP contribution in [0.1, 0.15) is 39.5 Å². The summed E-state index contributed by atoms with van der Waals surface area (Å²) in [6.45, 7) is 5.58. The van der Waals surface area contributed by atoms with Crippen molar-refractivity contribution in [3.63, 3.8) is 0 Å². The smallest absolute Gasteiger partial charge is 0.0687 e. The molecule has 1 aliphatic rings. The molecule has 0 bridgehead atoms. The molecule has 0 radical (unpaired) electrons. The highest BCUT2D eigenvalue weighted by molar-refractivity contribution is 4.82. The first-order valence-electron chi connectivity index (χ1n) is 6.26. The Morgan fingerprint density at radius 2 is 2.00 bits per heavy atom. The van der Waals surface area contributed by atoms with Crippen LogP contribution in [0, 0.1) is 11.8 Å². The van der Waals surface area contributed by atoms with Gasteiger partial charge >= 0.3 is 0 Å². The van der Waals surface area contributed by atoms with Gasteiger partial charge in [0.05, 0.1) is 6.10 Å². The van der Waals surface area contributed by atoms with Gasteiger partial charge in [-0.3, -0.25) is 0 Å². The molecule has 0 saturated heterocycles. The molecule has 0 aromatic carbocycles. The molecule has 3 heteroatoms. The lowest BCUT2D eigenvalue weighted by atomic mass is 9.84. The minimum Gasteiger partial charge on any atom is -0.392 e. The van der Waals surface area contributed by atoms with Crippen LogP contribution in [0.15, 0.2) is 0 Å². The molecule has 0 aromatic heterocycles. The normalized spacial score (nSPS) is 29.4. The van der Waals surface area contributed by atoms with Crippen molar-refractivity contribution in [1.82, 2.24) is 5.32 Å². The number of hydrogen-bond acceptors (Lipinski definition) is 3. The van der Waals surface area contributed by atoms with Crippen molar-refractivity contribution in [1.29, 1.82) is 0 Å². The molecule has 0 aliphatic heterocycles. The van der Waals surface area contributed by atoms with Crippen molar-refractivity contribution in [3.05, 3.63) is 0 Å². The Kier molecular flexibility index (Phi) is 5.58. The van der Waals surface area contributed by atoms with Crippen molar-refractivity contribution in [2.75, 3.05) is 13.1 Å². The minimum absolute atomic E-state index is 0.231. The quantitative estimate of drug-likeness (QED) is 0.642. The molecule has 90 valence electrons. The molecule has 1 saturated carbocycles. The van der Waals surface area contributed by atoms with Gasteiger partial charge in [0.25, 0.3) is 0 Å². The summed E-state index contributed by atoms with van der Waals surface area (Å²) in [6.07, 6.45) is 4.84. The van der Waals surface area contributed by atoms with Crippen LogP contribution in [-0.4, -0.2) is 30.3 Å². The summed E-state index contributed by atoms with van der Waals surface area (Å²) in [7, 11) is 0. The zero-order valence-electron chi connectivity index (χ0n) is 10.1. The largest absolute Gasteiger partial charge is 0.392 e. The zero-order chi connectivity index (χ0) is 11.3. The molecular formula is C12H26N2O. The lowest BCUT2D eigenvalue weighted by Gasteiger charge is -2.32. The van der Waals surface area contributed by atoms with Gasteiger partial charge in [-0.05, 0) is 31.2 Å². The van der Waals surface area contributed by atoms with Gasteiger partial charge in [0.2, 0.25) is 0 Å². The molecule has 3 nitrogen and oxygen atoms in total. The Hall–Kier alpha value is -0.120. The van der Waals surface area contributed by atoms with Crippen LogP contribution in [0.5, 0.6) is 0 Å². The maximum Gasteiger partial charge on any atom is 0.0687 e. The fraction of sp³-hybridized carbons (Fsp3) is 1.00. The van der Waals surface area contributed by atoms with E-state index in [-0.39, 0.29) is 6.10 Å². The number of aliphatic hydroxyl groups is 1. The SMILES string of the molecule is CC(C)C(O)CNC1CCCCC1CN. The second-order valence-electron chi connectivity index (χ2n) is 5.11. The Labute approximate surface area is 93.4 Å². The van der Waals surface area contributed by atoms with Gasteiger partial charge in [-0.15, -0.1) is 0 Å². The third-order valence-electron chi connectivity index (χ3n) is 3.57. The first-order chi connectivity index (χ1) is 7.15. The molecule has 0 heterocycles. The van der Waals surface area contributed by atoms with E-state index in [1.165, 1.54) is 25.7 Å². The van der Waals surface area contributed by atoms with E-state index in [2.05, 4.69) is 5.32 Å². The summed E-state index contributed by atoms with van der Waals surface area (Å²) in [6, 6.07) is 0.525. The standard InChI is InChI=1S/C12H26N2O/c1-9(2)12(15)8-14-11-6-4-3-5-10(11)7-13/h9-12,14-15H,3-8,13H2,1-2H3. The van der Waals surface area contributed by atoms with Crippen molar-refractivity contribution in [2.24, 2.45) is 17.6 Å². The summed E-state index contributed by atoms with van der Waals surface area (Å²) in [5.41, 5.74) is 5.76. The van der Waals surface area contributed by atoms with E-state index >= 15 is 0 Å². The Balaban J connectivity index is 2.29. The topological polar surface area (TPSA) is 58.3 Å². The van der Waals surface area contributed by atoms with Crippen LogP contribution in [0.25, 0.3) is 0 Å². The van der Waals surface area contributed by atoms with Gasteiger partial charge in [0.1, 0.15) is 0 Å². The lowest BCUT2D eigenvalue weighted by molar-refractivity contribution is 0.112. The molecule has 4 N–H and O–H groups in total. The van der Waals surface area contributed by atoms with E-state index in [0.717, 1.165) is 6.54 Å². The maximum atomic E-state index is 9.72. The number of hydrogen-bond donors (Lipinski definition) is 3. The first kappa shape index (κ1) is 12.9. The molecule has 1 aliphatic carbocycles. The van der Waals surface area contributed by atoms with E-state index in [9.17, 15) is 5.11 Å². The summed E-state index contributed by atoms with van der Waals surface area (Å²) in [5.74, 6) is 0.940. The average Bonchev–Trinajstić information content (AvgIpc) is 2.26. The van der Waals surface area contributed by atoms with Crippen LogP contribution in [-0.2, 0) is 0 Å². The van der Waals surface area contributed by atoms with E-state index < -0.39 is 0 Å². The highest BCUT2D eigenvalue weighted by Gasteiger charge is 2.24. The summed E-state index contributed by atoms with van der Waals surface area (Å²) in [4.78, 5) is 0. The van der Waals surface area contributed by atoms with Crippen molar-refractivity contribution in [2.45, 2.75) is 51.7 Å². The van der Waals surface area contributed by atoms with E-state index in [1.807, 2.05) is 13.8 Å². The monoisotopic (exact) mass is 214 g/mol. The van der Waals surface area contributed by atoms with Crippen LogP contribution >= 0.6 is 0 Å². The molecule has 0 amide bonds. The molecule has 0 spiro atoms. The van der Waals surface area contributed by atoms with E-state index in [1.54, 1.807) is 0 Å². The van der Waals surface area contributed by atoms with E-state index in [4.69, 9.17) is 5.73 Å². The van der Waals surface area contributed by atoms with Gasteiger partial charge in [0.15, 0.2) is 0 Å². The van der Waals surface area contributed by atoms with Gasteiger partial charge in [0, 0.05) is 12.6 Å². The molecule has 3 atom stereocenters. The highest BCUT2D eigenvalue weighted by atomic mass is 16.3. The average molecular weight is 214 g/mol. The van der Waals surface area contributed by atoms with Crippen LogP contribution < -0.4 is 11.1 Å². The number of nitrogens with two attached hydrogens (primary N) is 1. The molecular weight excluding hydrogens is 188 g/mol. The molecule has 1 fully saturated rings. The molecule has 15 heavy (non-hydrogen) atoms. The molecule has 1 rings (SSSR count). The summed E-state index contributed by atoms with van der Waals surface area (Å²) >= 11 is 0. The van der Waals surface area contributed by atoms with Crippen LogP contribution in [0.3, 0.4) is 0 Å². The van der Waals surface area contributed by atoms with E-state index in [0.29, 0.717) is 24.4 Å². The third-order valence-corrected chi connectivity index (χ3v) is 3.57. The highest BCUT2D eigenvalue weighted by Crippen LogP contribution is 2.23. The second kappa shape index (κ2) is 6.46. The molecule has 3 unspecified atom stereocenters. The first-order valence-corrected chi connectivity index (χ1v) is 6.26. The zero-order valence-corrected chi connectivity index (χ0v) is 10.1. The van der Waals surface area contributed by atoms with Crippen LogP contribution in [0.4, 0.5) is 0 Å². The van der Waals surface area contributed by atoms with Crippen molar-refractivity contribution in [3.8, 4) is 0 Å². The van der Waals surface area contributed by atoms with Gasteiger partial charge in [-0.25, -0.2) is 0 Å². The fourth-order valence-electron chi connectivity index (χ4n) is 2.27. The van der Waals surface area contributed by atoms with Gasteiger partial charge in [-0.2, -0.15) is 0 Å². The van der Waals surface area contributed by atoms with Crippen molar-refractivity contribution >= 4 is 0 Å². The predicted octanol–water partition coefficient (Wildman–Crippen LogP) is 1.11. The Bertz CT molecular complexity index is 173. The summed E-state index contributed by atoms with van der Waals surface area (Å²) in [5, 5.41) is 13.2. The predicted molar refractivity (Wildman–Crippen MR) is 63.6 cm³/mol. The second-order valence-corrected chi connectivity index (χ2v) is 5.11. The number of nitrogens with one attached hydrogen (secondary N) is 1. The fourth-order valence-corrected chi connectivity index (χ4v) is 2.27. The number of rotatable bonds is 5. The Morgan fingerprint density at radius 1 is 1.33 bits per heavy atom. The number of aliphatic hydroxyl groups excluding tert-OH is 1. The van der Waals surface area contributed by atoms with Crippen molar-refractivity contribution < 1.29 is 5.11 Å². The Morgan fingerprint density at radius 3 is 2.60 bits per heavy atom. The van der Waals surface area contributed by atoms with Gasteiger partial charge < -0.3 is 16.2 Å². The third kappa shape index (κ3) is 4.09. The lowest BCUT2D eigenvalue weighted by Crippen LogP contribution is -2.45. The maximum absolute atomic E-state index is 9.72. The van der Waals surface area contributed by atoms with Crippen LogP contribution in [0.2, 0.25) is 0 Å². The summed E-state index contributed by atoms with van der Waals surface area (Å²) < 4.78 is 0. The molecule has 0 aromatic rings.